The molecule has 2 aromatic rings. The highest BCUT2D eigenvalue weighted by Gasteiger charge is 2.19. The van der Waals surface area contributed by atoms with E-state index < -0.39 is 5.97 Å². The van der Waals surface area contributed by atoms with Gasteiger partial charge in [0.1, 0.15) is 0 Å². The molecule has 5 heteroatoms. The van der Waals surface area contributed by atoms with Crippen LogP contribution in [-0.4, -0.2) is 24.0 Å². The largest absolute Gasteiger partial charge is 0.478 e. The van der Waals surface area contributed by atoms with E-state index in [1.807, 2.05) is 6.07 Å². The summed E-state index contributed by atoms with van der Waals surface area (Å²) in [6.07, 6.45) is 0. The first-order chi connectivity index (χ1) is 9.50. The number of carboxylic acid groups (broad SMARTS) is 1. The Labute approximate surface area is 130 Å². The van der Waals surface area contributed by atoms with Crippen LogP contribution in [0.4, 0.5) is 5.69 Å². The molecule has 20 heavy (non-hydrogen) atoms. The average molecular weight is 381 g/mol. The van der Waals surface area contributed by atoms with Gasteiger partial charge in [0.2, 0.25) is 0 Å². The Balaban J connectivity index is 2.39. The van der Waals surface area contributed by atoms with Gasteiger partial charge in [0.25, 0.3) is 5.91 Å². The fourth-order valence-electron chi connectivity index (χ4n) is 1.87. The van der Waals surface area contributed by atoms with Crippen LogP contribution in [-0.2, 0) is 0 Å². The number of para-hydroxylation sites is 1. The van der Waals surface area contributed by atoms with Crippen LogP contribution in [0.15, 0.2) is 48.5 Å². The molecule has 0 aliphatic heterocycles. The molecule has 0 radical (unpaired) electrons. The lowest BCUT2D eigenvalue weighted by Gasteiger charge is -2.19. The number of carbonyl (C=O) groups is 2. The number of anilines is 1. The summed E-state index contributed by atoms with van der Waals surface area (Å²) in [5.74, 6) is -1.29. The maximum atomic E-state index is 12.4. The van der Waals surface area contributed by atoms with Gasteiger partial charge in [-0.2, -0.15) is 0 Å². The maximum absolute atomic E-state index is 12.4. The van der Waals surface area contributed by atoms with Crippen LogP contribution in [0.25, 0.3) is 0 Å². The smallest absolute Gasteiger partial charge is 0.337 e. The van der Waals surface area contributed by atoms with E-state index in [1.165, 1.54) is 11.0 Å². The molecule has 102 valence electrons. The number of halogens is 1. The van der Waals surface area contributed by atoms with Gasteiger partial charge in [-0.25, -0.2) is 4.79 Å². The highest BCUT2D eigenvalue weighted by atomic mass is 127. The van der Waals surface area contributed by atoms with Gasteiger partial charge in [-0.3, -0.25) is 4.79 Å². The summed E-state index contributed by atoms with van der Waals surface area (Å²) in [5.41, 5.74) is 1.01. The fourth-order valence-corrected chi connectivity index (χ4v) is 2.41. The molecule has 2 aromatic carbocycles. The summed E-state index contributed by atoms with van der Waals surface area (Å²) in [6, 6.07) is 13.6. The van der Waals surface area contributed by atoms with Crippen molar-refractivity contribution in [2.75, 3.05) is 11.9 Å². The van der Waals surface area contributed by atoms with E-state index in [1.54, 1.807) is 43.4 Å². The SMILES string of the molecule is CN(C(=O)c1cccc(I)c1)c1ccccc1C(=O)O. The number of rotatable bonds is 3. The van der Waals surface area contributed by atoms with E-state index in [0.29, 0.717) is 11.3 Å². The van der Waals surface area contributed by atoms with E-state index in [2.05, 4.69) is 22.6 Å². The lowest BCUT2D eigenvalue weighted by molar-refractivity contribution is 0.0697. The van der Waals surface area contributed by atoms with E-state index in [-0.39, 0.29) is 11.5 Å². The second-order valence-electron chi connectivity index (χ2n) is 4.20. The molecule has 0 aliphatic carbocycles. The Morgan fingerprint density at radius 3 is 2.45 bits per heavy atom. The molecule has 0 atom stereocenters. The van der Waals surface area contributed by atoms with Crippen molar-refractivity contribution < 1.29 is 14.7 Å². The predicted octanol–water partition coefficient (Wildman–Crippen LogP) is 3.27. The van der Waals surface area contributed by atoms with Crippen molar-refractivity contribution in [1.29, 1.82) is 0 Å². The zero-order valence-corrected chi connectivity index (χ0v) is 12.9. The molecule has 0 bridgehead atoms. The van der Waals surface area contributed by atoms with Gasteiger partial charge < -0.3 is 10.0 Å². The molecule has 1 N–H and O–H groups in total. The van der Waals surface area contributed by atoms with E-state index in [9.17, 15) is 14.7 Å². The molecule has 0 saturated carbocycles. The number of amides is 1. The Morgan fingerprint density at radius 2 is 1.80 bits per heavy atom. The Bertz CT molecular complexity index is 670. The fraction of sp³-hybridized carbons (Fsp3) is 0.0667. The standard InChI is InChI=1S/C15H12INO3/c1-17(13-8-3-2-7-12(13)15(19)20)14(18)10-5-4-6-11(16)9-10/h2-9H,1H3,(H,19,20). The molecule has 1 amide bonds. The third kappa shape index (κ3) is 2.98. The summed E-state index contributed by atoms with van der Waals surface area (Å²) >= 11 is 2.13. The molecule has 0 spiro atoms. The van der Waals surface area contributed by atoms with Crippen LogP contribution in [0.1, 0.15) is 20.7 Å². The molecule has 0 fully saturated rings. The molecule has 0 aromatic heterocycles. The van der Waals surface area contributed by atoms with Crippen molar-refractivity contribution in [2.45, 2.75) is 0 Å². The lowest BCUT2D eigenvalue weighted by atomic mass is 10.1. The Hall–Kier alpha value is -1.89. The minimum absolute atomic E-state index is 0.106. The summed E-state index contributed by atoms with van der Waals surface area (Å²) < 4.78 is 0.952. The zero-order valence-electron chi connectivity index (χ0n) is 10.7. The first-order valence-electron chi connectivity index (χ1n) is 5.86. The van der Waals surface area contributed by atoms with Crippen molar-refractivity contribution in [1.82, 2.24) is 0 Å². The van der Waals surface area contributed by atoms with Crippen LogP contribution >= 0.6 is 22.6 Å². The first kappa shape index (κ1) is 14.5. The van der Waals surface area contributed by atoms with Gasteiger partial charge in [-0.1, -0.05) is 18.2 Å². The highest BCUT2D eigenvalue weighted by molar-refractivity contribution is 14.1. The number of carbonyl (C=O) groups excluding carboxylic acids is 1. The lowest BCUT2D eigenvalue weighted by Crippen LogP contribution is -2.27. The van der Waals surface area contributed by atoms with Gasteiger partial charge in [-0.05, 0) is 52.9 Å². The monoisotopic (exact) mass is 381 g/mol. The van der Waals surface area contributed by atoms with E-state index in [4.69, 9.17) is 0 Å². The molecule has 0 saturated heterocycles. The molecular weight excluding hydrogens is 369 g/mol. The van der Waals surface area contributed by atoms with Crippen molar-refractivity contribution in [3.8, 4) is 0 Å². The van der Waals surface area contributed by atoms with Gasteiger partial charge in [-0.15, -0.1) is 0 Å². The average Bonchev–Trinajstić information content (AvgIpc) is 2.45. The minimum Gasteiger partial charge on any atom is -0.478 e. The van der Waals surface area contributed by atoms with Crippen LogP contribution in [0.5, 0.6) is 0 Å². The number of nitrogens with zero attached hydrogens (tertiary/aromatic N) is 1. The maximum Gasteiger partial charge on any atom is 0.337 e. The molecule has 0 aliphatic rings. The molecule has 0 heterocycles. The third-order valence-electron chi connectivity index (χ3n) is 2.87. The second kappa shape index (κ2) is 6.04. The number of hydrogen-bond acceptors (Lipinski definition) is 2. The van der Waals surface area contributed by atoms with Crippen molar-refractivity contribution in [3.05, 3.63) is 63.2 Å². The Kier molecular flexibility index (Phi) is 4.39. The molecular formula is C15H12INO3. The summed E-state index contributed by atoms with van der Waals surface area (Å²) in [6.45, 7) is 0. The topological polar surface area (TPSA) is 57.6 Å². The highest BCUT2D eigenvalue weighted by Crippen LogP contribution is 2.21. The number of hydrogen-bond donors (Lipinski definition) is 1. The Morgan fingerprint density at radius 1 is 1.10 bits per heavy atom. The third-order valence-corrected chi connectivity index (χ3v) is 3.54. The molecule has 4 nitrogen and oxygen atoms in total. The zero-order chi connectivity index (χ0) is 14.7. The summed E-state index contributed by atoms with van der Waals surface area (Å²) in [5, 5.41) is 9.17. The predicted molar refractivity (Wildman–Crippen MR) is 85.3 cm³/mol. The van der Waals surface area contributed by atoms with E-state index >= 15 is 0 Å². The van der Waals surface area contributed by atoms with Gasteiger partial charge in [0.05, 0.1) is 11.3 Å². The molecule has 0 unspecified atom stereocenters. The number of benzene rings is 2. The quantitative estimate of drug-likeness (QED) is 0.831. The molecule has 2 rings (SSSR count). The summed E-state index contributed by atoms with van der Waals surface area (Å²) in [4.78, 5) is 25.0. The van der Waals surface area contributed by atoms with Gasteiger partial charge in [0, 0.05) is 16.2 Å². The second-order valence-corrected chi connectivity index (χ2v) is 5.44. The number of aromatic carboxylic acids is 1. The minimum atomic E-state index is -1.05. The van der Waals surface area contributed by atoms with Crippen LogP contribution in [0.3, 0.4) is 0 Å². The first-order valence-corrected chi connectivity index (χ1v) is 6.94. The van der Waals surface area contributed by atoms with Crippen LogP contribution in [0.2, 0.25) is 0 Å². The van der Waals surface area contributed by atoms with Crippen molar-refractivity contribution >= 4 is 40.2 Å². The van der Waals surface area contributed by atoms with E-state index in [0.717, 1.165) is 3.57 Å². The number of carboxylic acids is 1. The van der Waals surface area contributed by atoms with Crippen LogP contribution in [0, 0.1) is 3.57 Å². The van der Waals surface area contributed by atoms with Crippen molar-refractivity contribution in [3.63, 3.8) is 0 Å². The summed E-state index contributed by atoms with van der Waals surface area (Å²) in [7, 11) is 1.57. The van der Waals surface area contributed by atoms with Crippen molar-refractivity contribution in [2.24, 2.45) is 0 Å². The normalized spacial score (nSPS) is 10.1. The van der Waals surface area contributed by atoms with Gasteiger partial charge >= 0.3 is 5.97 Å². The van der Waals surface area contributed by atoms with Crippen LogP contribution < -0.4 is 4.90 Å². The van der Waals surface area contributed by atoms with Gasteiger partial charge in [0.15, 0.2) is 0 Å².